The molecule has 2 aromatic carbocycles. The van der Waals surface area contributed by atoms with E-state index in [1.807, 2.05) is 6.07 Å². The van der Waals surface area contributed by atoms with E-state index in [1.54, 1.807) is 47.3 Å². The summed E-state index contributed by atoms with van der Waals surface area (Å²) < 4.78 is 1.59. The standard InChI is InChI=1S/C18H14Cl2N4O2/c19-14-6-5-13(15(20)9-14)11-24-8-7-16(23-24)18(26)22-21-10-12-3-1-2-4-17(12)25/h1-10,25H,11H2,(H,22,26)/b21-10-. The van der Waals surface area contributed by atoms with Crippen LogP contribution in [0, 0.1) is 0 Å². The van der Waals surface area contributed by atoms with Gasteiger partial charge < -0.3 is 5.11 Å². The Kier molecular flexibility index (Phi) is 5.55. The highest BCUT2D eigenvalue weighted by Gasteiger charge is 2.10. The number of halogens is 2. The quantitative estimate of drug-likeness (QED) is 0.516. The molecule has 3 rings (SSSR count). The van der Waals surface area contributed by atoms with Gasteiger partial charge in [-0.25, -0.2) is 5.43 Å². The van der Waals surface area contributed by atoms with Gasteiger partial charge in [0.25, 0.3) is 5.91 Å². The van der Waals surface area contributed by atoms with Crippen molar-refractivity contribution >= 4 is 35.3 Å². The van der Waals surface area contributed by atoms with Crippen LogP contribution in [0.2, 0.25) is 10.0 Å². The molecule has 1 amide bonds. The van der Waals surface area contributed by atoms with Crippen molar-refractivity contribution in [1.82, 2.24) is 15.2 Å². The molecule has 0 unspecified atom stereocenters. The van der Waals surface area contributed by atoms with E-state index in [0.717, 1.165) is 5.56 Å². The molecule has 0 radical (unpaired) electrons. The Labute approximate surface area is 159 Å². The molecule has 26 heavy (non-hydrogen) atoms. The average molecular weight is 389 g/mol. The van der Waals surface area contributed by atoms with Gasteiger partial charge in [0.2, 0.25) is 0 Å². The molecule has 0 atom stereocenters. The number of carbonyl (C=O) groups is 1. The second-order valence-corrected chi connectivity index (χ2v) is 6.24. The summed E-state index contributed by atoms with van der Waals surface area (Å²) in [5.74, 6) is -0.382. The highest BCUT2D eigenvalue weighted by molar-refractivity contribution is 6.35. The maximum Gasteiger partial charge on any atom is 0.291 e. The zero-order chi connectivity index (χ0) is 18.5. The monoisotopic (exact) mass is 388 g/mol. The predicted octanol–water partition coefficient (Wildman–Crippen LogP) is 3.71. The van der Waals surface area contributed by atoms with E-state index >= 15 is 0 Å². The van der Waals surface area contributed by atoms with Crippen LogP contribution in [0.25, 0.3) is 0 Å². The Bertz CT molecular complexity index is 969. The van der Waals surface area contributed by atoms with Crippen LogP contribution < -0.4 is 5.43 Å². The number of phenolic OH excluding ortho intramolecular Hbond substituents is 1. The van der Waals surface area contributed by atoms with Crippen LogP contribution in [0.1, 0.15) is 21.6 Å². The van der Waals surface area contributed by atoms with Crippen LogP contribution in [0.3, 0.4) is 0 Å². The summed E-state index contributed by atoms with van der Waals surface area (Å²) >= 11 is 12.0. The lowest BCUT2D eigenvalue weighted by molar-refractivity contribution is 0.0949. The summed E-state index contributed by atoms with van der Waals surface area (Å²) in [6.07, 6.45) is 3.03. The summed E-state index contributed by atoms with van der Waals surface area (Å²) in [5, 5.41) is 18.8. The van der Waals surface area contributed by atoms with Crippen LogP contribution in [0.4, 0.5) is 0 Å². The van der Waals surface area contributed by atoms with Crippen LogP contribution in [0.5, 0.6) is 5.75 Å². The zero-order valence-corrected chi connectivity index (χ0v) is 14.9. The van der Waals surface area contributed by atoms with Crippen LogP contribution >= 0.6 is 23.2 Å². The molecule has 0 spiro atoms. The Hall–Kier alpha value is -2.83. The van der Waals surface area contributed by atoms with Crippen molar-refractivity contribution in [1.29, 1.82) is 0 Å². The van der Waals surface area contributed by atoms with E-state index < -0.39 is 5.91 Å². The summed E-state index contributed by atoms with van der Waals surface area (Å²) in [6, 6.07) is 13.5. The van der Waals surface area contributed by atoms with Crippen LogP contribution in [0.15, 0.2) is 59.8 Å². The van der Waals surface area contributed by atoms with Gasteiger partial charge in [-0.15, -0.1) is 0 Å². The number of hydrogen-bond donors (Lipinski definition) is 2. The molecule has 0 aliphatic rings. The number of rotatable bonds is 5. The molecule has 0 bridgehead atoms. The third kappa shape index (κ3) is 4.41. The fourth-order valence-electron chi connectivity index (χ4n) is 2.21. The van der Waals surface area contributed by atoms with Gasteiger partial charge in [0.05, 0.1) is 12.8 Å². The Balaban J connectivity index is 1.63. The zero-order valence-electron chi connectivity index (χ0n) is 13.4. The number of phenols is 1. The Morgan fingerprint density at radius 3 is 2.81 bits per heavy atom. The van der Waals surface area contributed by atoms with Gasteiger partial charge in [-0.3, -0.25) is 9.48 Å². The molecule has 0 saturated carbocycles. The molecule has 0 aliphatic heterocycles. The summed E-state index contributed by atoms with van der Waals surface area (Å²) in [6.45, 7) is 0.407. The molecule has 0 fully saturated rings. The molecule has 0 saturated heterocycles. The van der Waals surface area contributed by atoms with E-state index in [1.165, 1.54) is 12.3 Å². The third-order valence-corrected chi connectivity index (χ3v) is 4.11. The predicted molar refractivity (Wildman–Crippen MR) is 101 cm³/mol. The maximum atomic E-state index is 12.1. The number of para-hydroxylation sites is 1. The minimum absolute atomic E-state index is 0.0784. The van der Waals surface area contributed by atoms with Crippen molar-refractivity contribution in [3.63, 3.8) is 0 Å². The minimum atomic E-state index is -0.461. The Morgan fingerprint density at radius 1 is 1.23 bits per heavy atom. The lowest BCUT2D eigenvalue weighted by atomic mass is 10.2. The minimum Gasteiger partial charge on any atom is -0.507 e. The average Bonchev–Trinajstić information content (AvgIpc) is 3.08. The topological polar surface area (TPSA) is 79.5 Å². The highest BCUT2D eigenvalue weighted by Crippen LogP contribution is 2.21. The van der Waals surface area contributed by atoms with Crippen molar-refractivity contribution in [3.05, 3.63) is 81.6 Å². The summed E-state index contributed by atoms with van der Waals surface area (Å²) in [7, 11) is 0. The van der Waals surface area contributed by atoms with Crippen LogP contribution in [-0.2, 0) is 6.54 Å². The van der Waals surface area contributed by atoms with E-state index in [4.69, 9.17) is 23.2 Å². The first-order valence-corrected chi connectivity index (χ1v) is 8.37. The van der Waals surface area contributed by atoms with E-state index in [-0.39, 0.29) is 11.4 Å². The lowest BCUT2D eigenvalue weighted by Gasteiger charge is -2.05. The van der Waals surface area contributed by atoms with Gasteiger partial charge in [-0.2, -0.15) is 10.2 Å². The maximum absolute atomic E-state index is 12.1. The SMILES string of the molecule is O=C(N/N=C\c1ccccc1O)c1ccn(Cc2ccc(Cl)cc2Cl)n1. The number of nitrogens with zero attached hydrogens (tertiary/aromatic N) is 3. The fraction of sp³-hybridized carbons (Fsp3) is 0.0556. The molecule has 3 aromatic rings. The Morgan fingerprint density at radius 2 is 2.04 bits per heavy atom. The number of hydrazone groups is 1. The first kappa shape index (κ1) is 18.0. The van der Waals surface area contributed by atoms with Crippen LogP contribution in [-0.4, -0.2) is 27.0 Å². The number of aromatic nitrogens is 2. The van der Waals surface area contributed by atoms with Crippen molar-refractivity contribution in [2.24, 2.45) is 5.10 Å². The second-order valence-electron chi connectivity index (χ2n) is 5.39. The number of amides is 1. The smallest absolute Gasteiger partial charge is 0.291 e. The van der Waals surface area contributed by atoms with Crippen molar-refractivity contribution in [2.75, 3.05) is 0 Å². The fourth-order valence-corrected chi connectivity index (χ4v) is 2.68. The normalized spacial score (nSPS) is 11.0. The summed E-state index contributed by atoms with van der Waals surface area (Å²) in [5.41, 5.74) is 3.92. The highest BCUT2D eigenvalue weighted by atomic mass is 35.5. The van der Waals surface area contributed by atoms with Gasteiger partial charge in [0.15, 0.2) is 5.69 Å². The molecule has 8 heteroatoms. The molecule has 0 aliphatic carbocycles. The van der Waals surface area contributed by atoms with E-state index in [0.29, 0.717) is 22.2 Å². The van der Waals surface area contributed by atoms with Crippen molar-refractivity contribution in [2.45, 2.75) is 6.54 Å². The molecule has 6 nitrogen and oxygen atoms in total. The van der Waals surface area contributed by atoms with Gasteiger partial charge in [-0.1, -0.05) is 41.4 Å². The number of aromatic hydroxyl groups is 1. The summed E-state index contributed by atoms with van der Waals surface area (Å²) in [4.78, 5) is 12.1. The van der Waals surface area contributed by atoms with E-state index in [2.05, 4.69) is 15.6 Å². The third-order valence-electron chi connectivity index (χ3n) is 3.53. The number of hydrogen-bond acceptors (Lipinski definition) is 4. The van der Waals surface area contributed by atoms with Crippen molar-refractivity contribution in [3.8, 4) is 5.75 Å². The number of nitrogens with one attached hydrogen (secondary N) is 1. The molecule has 1 heterocycles. The van der Waals surface area contributed by atoms with Gasteiger partial charge >= 0.3 is 0 Å². The second kappa shape index (κ2) is 8.03. The van der Waals surface area contributed by atoms with Gasteiger partial charge in [0, 0.05) is 21.8 Å². The molecular formula is C18H14Cl2N4O2. The van der Waals surface area contributed by atoms with Gasteiger partial charge in [0.1, 0.15) is 5.75 Å². The first-order chi connectivity index (χ1) is 12.5. The number of benzene rings is 2. The molecule has 132 valence electrons. The lowest BCUT2D eigenvalue weighted by Crippen LogP contribution is -2.18. The largest absolute Gasteiger partial charge is 0.507 e. The van der Waals surface area contributed by atoms with Gasteiger partial charge in [-0.05, 0) is 35.9 Å². The first-order valence-electron chi connectivity index (χ1n) is 7.62. The van der Waals surface area contributed by atoms with E-state index in [9.17, 15) is 9.90 Å². The number of carbonyl (C=O) groups excluding carboxylic acids is 1. The molecular weight excluding hydrogens is 375 g/mol. The molecule has 1 aromatic heterocycles. The van der Waals surface area contributed by atoms with Crippen molar-refractivity contribution < 1.29 is 9.90 Å². The molecule has 2 N–H and O–H groups in total.